The molecular formula is C12H13BrN2O. The zero-order chi connectivity index (χ0) is 11.9. The van der Waals surface area contributed by atoms with Gasteiger partial charge in [-0.3, -0.25) is 4.79 Å². The van der Waals surface area contributed by atoms with E-state index >= 15 is 0 Å². The van der Waals surface area contributed by atoms with Gasteiger partial charge in [-0.25, -0.2) is 5.01 Å². The second-order valence-corrected chi connectivity index (χ2v) is 5.23. The monoisotopic (exact) mass is 280 g/mol. The van der Waals surface area contributed by atoms with E-state index in [-0.39, 0.29) is 5.91 Å². The number of hydrogen-bond acceptors (Lipinski definition) is 2. The van der Waals surface area contributed by atoms with Crippen LogP contribution in [0.25, 0.3) is 0 Å². The molecule has 0 fully saturated rings. The molecule has 2 rings (SSSR count). The number of likely N-dealkylation sites (N-methyl/N-ethyl adjacent to an activating group) is 1. The number of rotatable bonds is 1. The molecule has 1 aliphatic heterocycles. The lowest BCUT2D eigenvalue weighted by molar-refractivity contribution is -0.129. The van der Waals surface area contributed by atoms with E-state index in [2.05, 4.69) is 21.0 Å². The van der Waals surface area contributed by atoms with Crippen LogP contribution in [0.2, 0.25) is 0 Å². The van der Waals surface area contributed by atoms with Gasteiger partial charge in [0.05, 0.1) is 5.71 Å². The highest BCUT2D eigenvalue weighted by Gasteiger charge is 2.47. The number of carbonyl (C=O) groups is 1. The first-order valence-corrected chi connectivity index (χ1v) is 5.85. The van der Waals surface area contributed by atoms with Crippen LogP contribution >= 0.6 is 15.9 Å². The average Bonchev–Trinajstić information content (AvgIpc) is 2.44. The molecule has 0 bridgehead atoms. The highest BCUT2D eigenvalue weighted by atomic mass is 79.9. The van der Waals surface area contributed by atoms with E-state index in [4.69, 9.17) is 0 Å². The van der Waals surface area contributed by atoms with E-state index in [1.165, 1.54) is 5.01 Å². The van der Waals surface area contributed by atoms with Crippen LogP contribution in [0.3, 0.4) is 0 Å². The molecule has 16 heavy (non-hydrogen) atoms. The SMILES string of the molecule is CC1=NN(C)C(=O)C1(Br)c1cccc(C)c1. The molecule has 1 heterocycles. The molecule has 84 valence electrons. The van der Waals surface area contributed by atoms with Crippen molar-refractivity contribution < 1.29 is 4.79 Å². The number of benzene rings is 1. The Kier molecular flexibility index (Phi) is 2.62. The van der Waals surface area contributed by atoms with Crippen molar-refractivity contribution in [1.29, 1.82) is 0 Å². The molecule has 0 aromatic heterocycles. The number of halogens is 1. The summed E-state index contributed by atoms with van der Waals surface area (Å²) in [6.07, 6.45) is 0. The summed E-state index contributed by atoms with van der Waals surface area (Å²) in [6.45, 7) is 3.87. The summed E-state index contributed by atoms with van der Waals surface area (Å²) in [5.41, 5.74) is 2.83. The number of alkyl halides is 1. The van der Waals surface area contributed by atoms with Crippen molar-refractivity contribution in [2.24, 2.45) is 5.10 Å². The molecule has 1 aromatic rings. The number of hydrazone groups is 1. The second kappa shape index (κ2) is 3.70. The van der Waals surface area contributed by atoms with E-state index in [0.29, 0.717) is 0 Å². The Labute approximate surface area is 103 Å². The number of hydrogen-bond donors (Lipinski definition) is 0. The topological polar surface area (TPSA) is 32.7 Å². The summed E-state index contributed by atoms with van der Waals surface area (Å²) in [5.74, 6) is -0.0457. The number of carbonyl (C=O) groups excluding carboxylic acids is 1. The van der Waals surface area contributed by atoms with E-state index in [1.54, 1.807) is 7.05 Å². The first-order valence-electron chi connectivity index (χ1n) is 5.06. The summed E-state index contributed by atoms with van der Waals surface area (Å²) in [6, 6.07) is 7.91. The van der Waals surface area contributed by atoms with Crippen LogP contribution in [0.15, 0.2) is 29.4 Å². The van der Waals surface area contributed by atoms with E-state index in [0.717, 1.165) is 16.8 Å². The number of nitrogens with zero attached hydrogens (tertiary/aromatic N) is 2. The molecule has 1 amide bonds. The van der Waals surface area contributed by atoms with Gasteiger partial charge in [0.15, 0.2) is 4.32 Å². The van der Waals surface area contributed by atoms with Gasteiger partial charge in [-0.2, -0.15) is 5.10 Å². The van der Waals surface area contributed by atoms with Crippen molar-refractivity contribution in [3.05, 3.63) is 35.4 Å². The number of amides is 1. The zero-order valence-corrected chi connectivity index (χ0v) is 11.1. The van der Waals surface area contributed by atoms with Gasteiger partial charge in [0, 0.05) is 7.05 Å². The maximum absolute atomic E-state index is 12.1. The van der Waals surface area contributed by atoms with Crippen LogP contribution in [-0.4, -0.2) is 23.7 Å². The summed E-state index contributed by atoms with van der Waals surface area (Å²) >= 11 is 3.54. The predicted molar refractivity (Wildman–Crippen MR) is 67.7 cm³/mol. The van der Waals surface area contributed by atoms with Gasteiger partial charge in [-0.05, 0) is 19.4 Å². The quantitative estimate of drug-likeness (QED) is 0.728. The minimum atomic E-state index is -0.784. The molecule has 0 radical (unpaired) electrons. The van der Waals surface area contributed by atoms with Crippen LogP contribution in [0.1, 0.15) is 18.1 Å². The van der Waals surface area contributed by atoms with Gasteiger partial charge in [0.2, 0.25) is 0 Å². The highest BCUT2D eigenvalue weighted by molar-refractivity contribution is 9.10. The zero-order valence-electron chi connectivity index (χ0n) is 9.49. The van der Waals surface area contributed by atoms with Crippen molar-refractivity contribution in [2.75, 3.05) is 7.05 Å². The molecule has 3 nitrogen and oxygen atoms in total. The maximum atomic E-state index is 12.1. The normalized spacial score (nSPS) is 24.9. The fraction of sp³-hybridized carbons (Fsp3) is 0.333. The van der Waals surface area contributed by atoms with Gasteiger partial charge in [0.1, 0.15) is 0 Å². The molecule has 1 aliphatic rings. The first-order chi connectivity index (χ1) is 7.46. The van der Waals surface area contributed by atoms with Crippen molar-refractivity contribution >= 4 is 27.5 Å². The van der Waals surface area contributed by atoms with Crippen LogP contribution in [-0.2, 0) is 9.12 Å². The minimum Gasteiger partial charge on any atom is -0.270 e. The second-order valence-electron chi connectivity index (χ2n) is 4.04. The lowest BCUT2D eigenvalue weighted by atomic mass is 9.93. The Morgan fingerprint density at radius 1 is 1.38 bits per heavy atom. The Hall–Kier alpha value is -1.16. The third-order valence-corrected chi connectivity index (χ3v) is 4.17. The van der Waals surface area contributed by atoms with Crippen LogP contribution in [0, 0.1) is 6.92 Å². The molecular weight excluding hydrogens is 268 g/mol. The van der Waals surface area contributed by atoms with Crippen molar-refractivity contribution in [3.8, 4) is 0 Å². The summed E-state index contributed by atoms with van der Waals surface area (Å²) < 4.78 is -0.784. The lowest BCUT2D eigenvalue weighted by Crippen LogP contribution is -2.36. The van der Waals surface area contributed by atoms with Gasteiger partial charge in [0.25, 0.3) is 5.91 Å². The van der Waals surface area contributed by atoms with Gasteiger partial charge in [-0.15, -0.1) is 0 Å². The predicted octanol–water partition coefficient (Wildman–Crippen LogP) is 2.43. The minimum absolute atomic E-state index is 0.0457. The molecule has 0 saturated carbocycles. The average molecular weight is 281 g/mol. The van der Waals surface area contributed by atoms with Crippen LogP contribution in [0.4, 0.5) is 0 Å². The molecule has 1 atom stereocenters. The Balaban J connectivity index is 2.55. The smallest absolute Gasteiger partial charge is 0.269 e. The molecule has 0 spiro atoms. The highest BCUT2D eigenvalue weighted by Crippen LogP contribution is 2.39. The van der Waals surface area contributed by atoms with E-state index in [9.17, 15) is 4.79 Å². The third kappa shape index (κ3) is 1.48. The Bertz CT molecular complexity index is 484. The van der Waals surface area contributed by atoms with E-state index < -0.39 is 4.32 Å². The third-order valence-electron chi connectivity index (χ3n) is 2.80. The lowest BCUT2D eigenvalue weighted by Gasteiger charge is -2.21. The fourth-order valence-corrected chi connectivity index (χ4v) is 2.49. The van der Waals surface area contributed by atoms with Gasteiger partial charge < -0.3 is 0 Å². The molecule has 1 aromatic carbocycles. The van der Waals surface area contributed by atoms with Crippen LogP contribution < -0.4 is 0 Å². The number of aryl methyl sites for hydroxylation is 1. The maximum Gasteiger partial charge on any atom is 0.269 e. The van der Waals surface area contributed by atoms with Crippen LogP contribution in [0.5, 0.6) is 0 Å². The molecule has 1 unspecified atom stereocenters. The molecule has 4 heteroatoms. The fourth-order valence-electron chi connectivity index (χ4n) is 1.91. The van der Waals surface area contributed by atoms with Gasteiger partial charge >= 0.3 is 0 Å². The van der Waals surface area contributed by atoms with Crippen molar-refractivity contribution in [2.45, 2.75) is 18.2 Å². The Morgan fingerprint density at radius 2 is 2.06 bits per heavy atom. The molecule has 0 N–H and O–H groups in total. The summed E-state index contributed by atoms with van der Waals surface area (Å²) in [5, 5.41) is 5.56. The van der Waals surface area contributed by atoms with Crippen molar-refractivity contribution in [3.63, 3.8) is 0 Å². The van der Waals surface area contributed by atoms with Crippen molar-refractivity contribution in [1.82, 2.24) is 5.01 Å². The van der Waals surface area contributed by atoms with E-state index in [1.807, 2.05) is 38.1 Å². The largest absolute Gasteiger partial charge is 0.270 e. The standard InChI is InChI=1S/C12H13BrN2O/c1-8-5-4-6-10(7-8)12(13)9(2)14-15(3)11(12)16/h4-7H,1-3H3. The first kappa shape index (κ1) is 11.3. The molecule has 0 saturated heterocycles. The van der Waals surface area contributed by atoms with Gasteiger partial charge in [-0.1, -0.05) is 45.8 Å². The molecule has 0 aliphatic carbocycles. The summed E-state index contributed by atoms with van der Waals surface area (Å²) in [7, 11) is 1.67. The Morgan fingerprint density at radius 3 is 2.56 bits per heavy atom. The summed E-state index contributed by atoms with van der Waals surface area (Å²) in [4.78, 5) is 12.1.